The number of thiophene rings is 1. The molecule has 2 saturated heterocycles. The molecule has 0 spiro atoms. The van der Waals surface area contributed by atoms with Gasteiger partial charge in [0.1, 0.15) is 11.2 Å². The van der Waals surface area contributed by atoms with Crippen LogP contribution in [0.5, 0.6) is 0 Å². The summed E-state index contributed by atoms with van der Waals surface area (Å²) in [6, 6.07) is 5.12. The molecule has 2 N–H and O–H groups in total. The highest BCUT2D eigenvalue weighted by atomic mass is 35.5. The minimum absolute atomic E-state index is 0.146. The molecule has 2 aromatic heterocycles. The first-order valence-electron chi connectivity index (χ1n) is 8.11. The van der Waals surface area contributed by atoms with E-state index in [1.807, 2.05) is 12.1 Å². The lowest BCUT2D eigenvalue weighted by molar-refractivity contribution is -0.149. The third-order valence-electron chi connectivity index (χ3n) is 4.97. The second kappa shape index (κ2) is 6.57. The molecule has 0 radical (unpaired) electrons. The molecule has 26 heavy (non-hydrogen) atoms. The van der Waals surface area contributed by atoms with Gasteiger partial charge >= 0.3 is 12.0 Å². The van der Waals surface area contributed by atoms with Crippen molar-refractivity contribution in [1.29, 1.82) is 0 Å². The molecular weight excluding hydrogens is 380 g/mol. The lowest BCUT2D eigenvalue weighted by Gasteiger charge is -2.22. The number of carbonyl (C=O) groups is 2. The molecule has 10 heteroatoms. The van der Waals surface area contributed by atoms with Gasteiger partial charge in [-0.05, 0) is 12.1 Å². The third-order valence-corrected chi connectivity index (χ3v) is 6.19. The molecule has 2 fully saturated rings. The Bertz CT molecular complexity index is 853. The summed E-state index contributed by atoms with van der Waals surface area (Å²) in [6.45, 7) is 1.52. The molecule has 2 aliphatic rings. The number of hydrogen-bond donors (Lipinski definition) is 2. The Morgan fingerprint density at radius 1 is 1.46 bits per heavy atom. The third kappa shape index (κ3) is 2.95. The molecule has 0 aromatic carbocycles. The van der Waals surface area contributed by atoms with E-state index in [-0.39, 0.29) is 25.1 Å². The summed E-state index contributed by atoms with van der Waals surface area (Å²) < 4.78 is 7.71. The van der Waals surface area contributed by atoms with Gasteiger partial charge in [0.05, 0.1) is 30.3 Å². The maximum Gasteiger partial charge on any atom is 0.323 e. The van der Waals surface area contributed by atoms with Crippen LogP contribution in [-0.4, -0.2) is 58.1 Å². The molecule has 4 rings (SSSR count). The molecule has 0 unspecified atom stereocenters. The number of aliphatic carboxylic acids is 1. The van der Waals surface area contributed by atoms with Crippen LogP contribution in [0.2, 0.25) is 4.34 Å². The normalized spacial score (nSPS) is 24.7. The Kier molecular flexibility index (Phi) is 4.37. The van der Waals surface area contributed by atoms with Gasteiger partial charge in [-0.2, -0.15) is 5.10 Å². The van der Waals surface area contributed by atoms with E-state index in [0.29, 0.717) is 29.9 Å². The van der Waals surface area contributed by atoms with E-state index in [0.717, 1.165) is 4.88 Å². The van der Waals surface area contributed by atoms with Crippen molar-refractivity contribution >= 4 is 40.8 Å². The van der Waals surface area contributed by atoms with Crippen LogP contribution < -0.4 is 5.32 Å². The van der Waals surface area contributed by atoms with Crippen molar-refractivity contribution in [3.05, 3.63) is 33.6 Å². The monoisotopic (exact) mass is 396 g/mol. The first-order valence-corrected chi connectivity index (χ1v) is 9.30. The van der Waals surface area contributed by atoms with Crippen LogP contribution in [0.4, 0.5) is 10.6 Å². The number of nitrogens with zero attached hydrogens (tertiary/aromatic N) is 3. The fourth-order valence-electron chi connectivity index (χ4n) is 3.53. The van der Waals surface area contributed by atoms with Crippen LogP contribution in [0, 0.1) is 11.3 Å². The highest BCUT2D eigenvalue weighted by Crippen LogP contribution is 2.41. The minimum atomic E-state index is -0.995. The summed E-state index contributed by atoms with van der Waals surface area (Å²) in [7, 11) is 0. The summed E-state index contributed by atoms with van der Waals surface area (Å²) in [5.41, 5.74) is -0.995. The second-order valence-electron chi connectivity index (χ2n) is 6.56. The molecule has 2 atom stereocenters. The van der Waals surface area contributed by atoms with Crippen molar-refractivity contribution in [2.24, 2.45) is 11.3 Å². The Balaban J connectivity index is 1.45. The van der Waals surface area contributed by atoms with Crippen molar-refractivity contribution in [2.45, 2.75) is 6.54 Å². The number of fused-ring (bicyclic) bond motifs is 1. The summed E-state index contributed by atoms with van der Waals surface area (Å²) in [4.78, 5) is 26.9. The predicted molar refractivity (Wildman–Crippen MR) is 95.6 cm³/mol. The molecule has 8 nitrogen and oxygen atoms in total. The Morgan fingerprint density at radius 2 is 2.31 bits per heavy atom. The van der Waals surface area contributed by atoms with E-state index in [1.54, 1.807) is 21.8 Å². The van der Waals surface area contributed by atoms with Crippen molar-refractivity contribution in [3.8, 4) is 0 Å². The zero-order valence-electron chi connectivity index (χ0n) is 13.7. The standard InChI is InChI=1S/C16H17ClN4O4S/c17-12-2-1-11(26-12)6-21-13(3-4-18-21)19-15(24)20-5-10-7-25-9-16(10,8-20)14(22)23/h1-4,10H,5-9H2,(H,19,24)(H,22,23)/t10-,16-/m1/s1. The maximum atomic E-state index is 12.6. The summed E-state index contributed by atoms with van der Waals surface area (Å²) in [6.07, 6.45) is 1.61. The number of urea groups is 1. The number of halogens is 1. The van der Waals surface area contributed by atoms with E-state index in [2.05, 4.69) is 10.4 Å². The fourth-order valence-corrected chi connectivity index (χ4v) is 4.60. The Morgan fingerprint density at radius 3 is 3.00 bits per heavy atom. The summed E-state index contributed by atoms with van der Waals surface area (Å²) >= 11 is 7.41. The van der Waals surface area contributed by atoms with Crippen LogP contribution in [0.25, 0.3) is 0 Å². The SMILES string of the molecule is O=C(Nc1ccnn1Cc1ccc(Cl)s1)N1C[C@@H]2COC[C@]2(C(=O)O)C1. The van der Waals surface area contributed by atoms with Crippen molar-refractivity contribution in [3.63, 3.8) is 0 Å². The van der Waals surface area contributed by atoms with Gasteiger partial charge in [0, 0.05) is 30.0 Å². The molecule has 2 aliphatic heterocycles. The lowest BCUT2D eigenvalue weighted by atomic mass is 9.81. The van der Waals surface area contributed by atoms with E-state index in [1.165, 1.54) is 11.3 Å². The van der Waals surface area contributed by atoms with Gasteiger partial charge in [-0.15, -0.1) is 11.3 Å². The molecule has 0 saturated carbocycles. The highest BCUT2D eigenvalue weighted by Gasteiger charge is 2.57. The van der Waals surface area contributed by atoms with Crippen LogP contribution in [0.3, 0.4) is 0 Å². The topological polar surface area (TPSA) is 96.7 Å². The second-order valence-corrected chi connectivity index (χ2v) is 8.36. The van der Waals surface area contributed by atoms with Gasteiger partial charge in [-0.25, -0.2) is 9.48 Å². The number of nitrogens with one attached hydrogen (secondary N) is 1. The van der Waals surface area contributed by atoms with Crippen molar-refractivity contribution in [1.82, 2.24) is 14.7 Å². The van der Waals surface area contributed by atoms with E-state index < -0.39 is 11.4 Å². The van der Waals surface area contributed by atoms with Crippen molar-refractivity contribution < 1.29 is 19.4 Å². The minimum Gasteiger partial charge on any atom is -0.481 e. The van der Waals surface area contributed by atoms with Crippen LogP contribution in [0.1, 0.15) is 4.88 Å². The molecule has 138 valence electrons. The number of anilines is 1. The first kappa shape index (κ1) is 17.3. The lowest BCUT2D eigenvalue weighted by Crippen LogP contribution is -2.41. The number of ether oxygens (including phenoxy) is 1. The number of hydrogen-bond acceptors (Lipinski definition) is 5. The first-order chi connectivity index (χ1) is 12.5. The van der Waals surface area contributed by atoms with Crippen LogP contribution in [-0.2, 0) is 16.1 Å². The Labute approximate surface area is 158 Å². The van der Waals surface area contributed by atoms with Gasteiger partial charge in [0.25, 0.3) is 0 Å². The number of amides is 2. The van der Waals surface area contributed by atoms with Gasteiger partial charge in [0.2, 0.25) is 0 Å². The van der Waals surface area contributed by atoms with E-state index in [9.17, 15) is 14.7 Å². The molecule has 4 heterocycles. The zero-order chi connectivity index (χ0) is 18.3. The quantitative estimate of drug-likeness (QED) is 0.825. The van der Waals surface area contributed by atoms with Crippen LogP contribution >= 0.6 is 22.9 Å². The van der Waals surface area contributed by atoms with E-state index >= 15 is 0 Å². The van der Waals surface area contributed by atoms with Crippen LogP contribution in [0.15, 0.2) is 24.4 Å². The predicted octanol–water partition coefficient (Wildman–Crippen LogP) is 2.21. The number of likely N-dealkylation sites (tertiary alicyclic amines) is 1. The summed E-state index contributed by atoms with van der Waals surface area (Å²) in [5, 5.41) is 16.6. The molecule has 0 bridgehead atoms. The average molecular weight is 397 g/mol. The van der Waals surface area contributed by atoms with Gasteiger partial charge in [-0.3, -0.25) is 10.1 Å². The molecule has 0 aliphatic carbocycles. The number of aromatic nitrogens is 2. The van der Waals surface area contributed by atoms with Gasteiger partial charge < -0.3 is 14.7 Å². The number of carbonyl (C=O) groups excluding carboxylic acids is 1. The summed E-state index contributed by atoms with van der Waals surface area (Å²) in [5.74, 6) is -0.531. The zero-order valence-corrected chi connectivity index (χ0v) is 15.3. The molecule has 2 amide bonds. The van der Waals surface area contributed by atoms with Gasteiger partial charge in [0.15, 0.2) is 0 Å². The number of carboxylic acids is 1. The van der Waals surface area contributed by atoms with Gasteiger partial charge in [-0.1, -0.05) is 11.6 Å². The Hall–Kier alpha value is -2.10. The molecule has 2 aromatic rings. The average Bonchev–Trinajstić information content (AvgIpc) is 3.32. The maximum absolute atomic E-state index is 12.6. The largest absolute Gasteiger partial charge is 0.481 e. The molecular formula is C16H17ClN4O4S. The smallest absolute Gasteiger partial charge is 0.323 e. The number of rotatable bonds is 4. The fraction of sp³-hybridized carbons (Fsp3) is 0.438. The van der Waals surface area contributed by atoms with E-state index in [4.69, 9.17) is 16.3 Å². The number of carboxylic acid groups (broad SMARTS) is 1. The highest BCUT2D eigenvalue weighted by molar-refractivity contribution is 7.16. The van der Waals surface area contributed by atoms with Crippen molar-refractivity contribution in [2.75, 3.05) is 31.6 Å².